The first-order valence-electron chi connectivity index (χ1n) is 7.09. The zero-order chi connectivity index (χ0) is 14.5. The number of carbonyl (C=O) groups excluding carboxylic acids is 1. The first kappa shape index (κ1) is 14.6. The molecule has 0 radical (unpaired) electrons. The Morgan fingerprint density at radius 2 is 2.30 bits per heavy atom. The first-order chi connectivity index (χ1) is 9.61. The number of carboxylic acid groups (broad SMARTS) is 1. The number of amides is 1. The van der Waals surface area contributed by atoms with Gasteiger partial charge in [-0.05, 0) is 12.8 Å². The molecule has 1 aliphatic heterocycles. The van der Waals surface area contributed by atoms with E-state index in [2.05, 4.69) is 11.9 Å². The third kappa shape index (κ3) is 3.37. The molecule has 2 heterocycles. The molecule has 6 nitrogen and oxygen atoms in total. The second kappa shape index (κ2) is 6.54. The molecule has 0 saturated carbocycles. The Bertz CT molecular complexity index is 458. The normalized spacial score (nSPS) is 20.1. The van der Waals surface area contributed by atoms with Crippen LogP contribution in [-0.2, 0) is 9.59 Å². The molecule has 1 saturated heterocycles. The van der Waals surface area contributed by atoms with Crippen molar-refractivity contribution in [2.24, 2.45) is 5.92 Å². The van der Waals surface area contributed by atoms with Crippen LogP contribution in [0.1, 0.15) is 38.6 Å². The maximum Gasteiger partial charge on any atom is 0.308 e. The zero-order valence-electron chi connectivity index (χ0n) is 11.7. The quantitative estimate of drug-likeness (QED) is 0.857. The van der Waals surface area contributed by atoms with E-state index >= 15 is 0 Å². The van der Waals surface area contributed by atoms with Gasteiger partial charge in [-0.3, -0.25) is 9.59 Å². The highest BCUT2D eigenvalue weighted by atomic mass is 16.4. The second-order valence-electron chi connectivity index (χ2n) is 5.32. The second-order valence-corrected chi connectivity index (χ2v) is 5.32. The van der Waals surface area contributed by atoms with Crippen LogP contribution in [0, 0.1) is 5.92 Å². The van der Waals surface area contributed by atoms with Crippen molar-refractivity contribution in [2.75, 3.05) is 13.1 Å². The highest BCUT2D eigenvalue weighted by Gasteiger charge is 2.31. The number of nitrogens with zero attached hydrogens (tertiary/aromatic N) is 3. The van der Waals surface area contributed by atoms with E-state index in [0.29, 0.717) is 25.9 Å². The summed E-state index contributed by atoms with van der Waals surface area (Å²) in [5.74, 6) is -1.17. The highest BCUT2D eigenvalue weighted by molar-refractivity contribution is 5.79. The third-order valence-corrected chi connectivity index (χ3v) is 3.87. The minimum Gasteiger partial charge on any atom is -0.481 e. The Morgan fingerprint density at radius 3 is 2.85 bits per heavy atom. The van der Waals surface area contributed by atoms with Crippen LogP contribution < -0.4 is 0 Å². The summed E-state index contributed by atoms with van der Waals surface area (Å²) in [6.45, 7) is 2.99. The van der Waals surface area contributed by atoms with Crippen LogP contribution in [0.5, 0.6) is 0 Å². The number of aromatic nitrogens is 2. The van der Waals surface area contributed by atoms with E-state index in [4.69, 9.17) is 5.11 Å². The van der Waals surface area contributed by atoms with Crippen molar-refractivity contribution in [3.63, 3.8) is 0 Å². The lowest BCUT2D eigenvalue weighted by molar-refractivity contribution is -0.141. The molecule has 0 aliphatic carbocycles. The standard InChI is InChI=1S/C14H21N3O3/c1-2-3-12(17-7-5-15-10-17)8-13(18)16-6-4-11(9-16)14(19)20/h5,7,10-12H,2-4,6,8-9H2,1H3,(H,19,20). The van der Waals surface area contributed by atoms with Gasteiger partial charge in [0.25, 0.3) is 0 Å². The Balaban J connectivity index is 1.94. The topological polar surface area (TPSA) is 75.4 Å². The number of aliphatic carboxylic acids is 1. The Hall–Kier alpha value is -1.85. The molecule has 110 valence electrons. The number of imidazole rings is 1. The van der Waals surface area contributed by atoms with Crippen LogP contribution in [0.15, 0.2) is 18.7 Å². The summed E-state index contributed by atoms with van der Waals surface area (Å²) >= 11 is 0. The molecule has 2 unspecified atom stereocenters. The van der Waals surface area contributed by atoms with Gasteiger partial charge in [0.15, 0.2) is 0 Å². The Labute approximate surface area is 118 Å². The van der Waals surface area contributed by atoms with Gasteiger partial charge in [0.1, 0.15) is 0 Å². The maximum absolute atomic E-state index is 12.3. The van der Waals surface area contributed by atoms with Crippen molar-refractivity contribution >= 4 is 11.9 Å². The van der Waals surface area contributed by atoms with Gasteiger partial charge in [0.05, 0.1) is 12.2 Å². The summed E-state index contributed by atoms with van der Waals surface area (Å²) < 4.78 is 1.96. The van der Waals surface area contributed by atoms with Crippen LogP contribution in [0.3, 0.4) is 0 Å². The summed E-state index contributed by atoms with van der Waals surface area (Å²) in [6, 6.07) is 0.110. The van der Waals surface area contributed by atoms with E-state index in [1.165, 1.54) is 0 Å². The molecule has 2 atom stereocenters. The Morgan fingerprint density at radius 1 is 1.50 bits per heavy atom. The van der Waals surface area contributed by atoms with Crippen molar-refractivity contribution in [3.8, 4) is 0 Å². The van der Waals surface area contributed by atoms with Crippen LogP contribution >= 0.6 is 0 Å². The fourth-order valence-corrected chi connectivity index (χ4v) is 2.69. The number of hydrogen-bond acceptors (Lipinski definition) is 3. The minimum absolute atomic E-state index is 0.0425. The van der Waals surface area contributed by atoms with Gasteiger partial charge in [0.2, 0.25) is 5.91 Å². The van der Waals surface area contributed by atoms with Gasteiger partial charge in [-0.25, -0.2) is 4.98 Å². The van der Waals surface area contributed by atoms with Crippen LogP contribution in [0.4, 0.5) is 0 Å². The lowest BCUT2D eigenvalue weighted by Crippen LogP contribution is -2.31. The summed E-state index contributed by atoms with van der Waals surface area (Å²) in [5.41, 5.74) is 0. The molecule has 1 amide bonds. The molecule has 1 fully saturated rings. The SMILES string of the molecule is CCCC(CC(=O)N1CCC(C(=O)O)C1)n1ccnc1. The molecule has 20 heavy (non-hydrogen) atoms. The highest BCUT2D eigenvalue weighted by Crippen LogP contribution is 2.22. The molecular weight excluding hydrogens is 258 g/mol. The lowest BCUT2D eigenvalue weighted by atomic mass is 10.1. The molecule has 2 rings (SSSR count). The fourth-order valence-electron chi connectivity index (χ4n) is 2.69. The summed E-state index contributed by atoms with van der Waals surface area (Å²) in [5, 5.41) is 8.98. The third-order valence-electron chi connectivity index (χ3n) is 3.87. The monoisotopic (exact) mass is 279 g/mol. The Kier molecular flexibility index (Phi) is 4.76. The van der Waals surface area contributed by atoms with Crippen LogP contribution in [0.25, 0.3) is 0 Å². The number of rotatable bonds is 6. The summed E-state index contributed by atoms with van der Waals surface area (Å²) in [4.78, 5) is 28.9. The smallest absolute Gasteiger partial charge is 0.308 e. The molecule has 0 aromatic carbocycles. The minimum atomic E-state index is -0.806. The molecule has 0 spiro atoms. The van der Waals surface area contributed by atoms with E-state index in [1.54, 1.807) is 17.4 Å². The van der Waals surface area contributed by atoms with Crippen molar-refractivity contribution in [2.45, 2.75) is 38.6 Å². The van der Waals surface area contributed by atoms with Gasteiger partial charge in [0, 0.05) is 37.9 Å². The van der Waals surface area contributed by atoms with E-state index in [0.717, 1.165) is 12.8 Å². The lowest BCUT2D eigenvalue weighted by Gasteiger charge is -2.21. The van der Waals surface area contributed by atoms with Gasteiger partial charge in [-0.1, -0.05) is 13.3 Å². The van der Waals surface area contributed by atoms with Crippen molar-refractivity contribution < 1.29 is 14.7 Å². The molecule has 1 aromatic heterocycles. The first-order valence-corrected chi connectivity index (χ1v) is 7.09. The number of likely N-dealkylation sites (tertiary alicyclic amines) is 1. The van der Waals surface area contributed by atoms with Crippen molar-refractivity contribution in [1.82, 2.24) is 14.5 Å². The number of carboxylic acids is 1. The average Bonchev–Trinajstić information content (AvgIpc) is 3.09. The summed E-state index contributed by atoms with van der Waals surface area (Å²) in [6.07, 6.45) is 8.20. The van der Waals surface area contributed by atoms with Crippen molar-refractivity contribution in [3.05, 3.63) is 18.7 Å². The van der Waals surface area contributed by atoms with Gasteiger partial charge < -0.3 is 14.6 Å². The number of hydrogen-bond donors (Lipinski definition) is 1. The molecular formula is C14H21N3O3. The van der Waals surface area contributed by atoms with Crippen LogP contribution in [0.2, 0.25) is 0 Å². The molecule has 1 aliphatic rings. The van der Waals surface area contributed by atoms with E-state index in [9.17, 15) is 9.59 Å². The van der Waals surface area contributed by atoms with Crippen LogP contribution in [-0.4, -0.2) is 44.5 Å². The largest absolute Gasteiger partial charge is 0.481 e. The van der Waals surface area contributed by atoms with Gasteiger partial charge in [-0.2, -0.15) is 0 Å². The maximum atomic E-state index is 12.3. The predicted molar refractivity (Wildman–Crippen MR) is 73.1 cm³/mol. The molecule has 1 N–H and O–H groups in total. The van der Waals surface area contributed by atoms with Crippen molar-refractivity contribution in [1.29, 1.82) is 0 Å². The van der Waals surface area contributed by atoms with Gasteiger partial charge in [-0.15, -0.1) is 0 Å². The van der Waals surface area contributed by atoms with E-state index in [-0.39, 0.29) is 11.9 Å². The number of carbonyl (C=O) groups is 2. The predicted octanol–water partition coefficient (Wildman–Crippen LogP) is 1.55. The molecule has 0 bridgehead atoms. The van der Waals surface area contributed by atoms with E-state index < -0.39 is 11.9 Å². The zero-order valence-corrected chi connectivity index (χ0v) is 11.7. The van der Waals surface area contributed by atoms with Gasteiger partial charge >= 0.3 is 5.97 Å². The fraction of sp³-hybridized carbons (Fsp3) is 0.643. The van der Waals surface area contributed by atoms with E-state index in [1.807, 2.05) is 10.8 Å². The average molecular weight is 279 g/mol. The molecule has 1 aromatic rings. The molecule has 6 heteroatoms. The summed E-state index contributed by atoms with van der Waals surface area (Å²) in [7, 11) is 0.